The second kappa shape index (κ2) is 5.20. The molecule has 2 nitrogen and oxygen atoms in total. The second-order valence-corrected chi connectivity index (χ2v) is 4.46. The molecule has 7 heteroatoms. The summed E-state index contributed by atoms with van der Waals surface area (Å²) in [5, 5.41) is 2.92. The Bertz CT molecular complexity index is 641. The molecule has 20 heavy (non-hydrogen) atoms. The van der Waals surface area contributed by atoms with Crippen molar-refractivity contribution in [3.63, 3.8) is 0 Å². The molecule has 0 saturated carbocycles. The Morgan fingerprint density at radius 3 is 2.30 bits per heavy atom. The van der Waals surface area contributed by atoms with Gasteiger partial charge in [-0.2, -0.15) is 13.2 Å². The lowest BCUT2D eigenvalue weighted by Crippen LogP contribution is -2.06. The van der Waals surface area contributed by atoms with Crippen molar-refractivity contribution in [1.82, 2.24) is 0 Å². The summed E-state index contributed by atoms with van der Waals surface area (Å²) in [5.74, 6) is -0.526. The number of anilines is 3. The average Bonchev–Trinajstić information content (AvgIpc) is 2.35. The summed E-state index contributed by atoms with van der Waals surface area (Å²) in [6.07, 6.45) is -4.47. The normalized spacial score (nSPS) is 11.4. The molecule has 0 aliphatic rings. The van der Waals surface area contributed by atoms with Gasteiger partial charge in [0.05, 0.1) is 27.6 Å². The summed E-state index contributed by atoms with van der Waals surface area (Å²) in [7, 11) is 0. The van der Waals surface area contributed by atoms with Crippen molar-refractivity contribution in [2.45, 2.75) is 6.18 Å². The lowest BCUT2D eigenvalue weighted by atomic mass is 10.1. The summed E-state index contributed by atoms with van der Waals surface area (Å²) in [6, 6.07) is 6.48. The van der Waals surface area contributed by atoms with E-state index in [-0.39, 0.29) is 22.1 Å². The van der Waals surface area contributed by atoms with Crippen molar-refractivity contribution in [1.29, 1.82) is 0 Å². The van der Waals surface area contributed by atoms with E-state index in [0.717, 1.165) is 18.2 Å². The summed E-state index contributed by atoms with van der Waals surface area (Å²) in [5.41, 5.74) is 5.02. The minimum Gasteiger partial charge on any atom is -0.397 e. The third kappa shape index (κ3) is 3.14. The monoisotopic (exact) mass is 304 g/mol. The Morgan fingerprint density at radius 1 is 1.00 bits per heavy atom. The van der Waals surface area contributed by atoms with Gasteiger partial charge in [-0.1, -0.05) is 11.6 Å². The number of hydrogen-bond acceptors (Lipinski definition) is 2. The predicted molar refractivity (Wildman–Crippen MR) is 70.5 cm³/mol. The first-order valence-electron chi connectivity index (χ1n) is 5.46. The van der Waals surface area contributed by atoms with Crippen LogP contribution >= 0.6 is 11.6 Å². The van der Waals surface area contributed by atoms with Gasteiger partial charge in [0.25, 0.3) is 0 Å². The van der Waals surface area contributed by atoms with E-state index in [2.05, 4.69) is 5.32 Å². The van der Waals surface area contributed by atoms with Crippen LogP contribution in [0.15, 0.2) is 36.4 Å². The molecule has 0 unspecified atom stereocenters. The largest absolute Gasteiger partial charge is 0.416 e. The van der Waals surface area contributed by atoms with Gasteiger partial charge < -0.3 is 11.1 Å². The molecule has 106 valence electrons. The predicted octanol–water partition coefficient (Wildman–Crippen LogP) is 4.82. The highest BCUT2D eigenvalue weighted by atomic mass is 35.5. The third-order valence-electron chi connectivity index (χ3n) is 2.58. The van der Waals surface area contributed by atoms with Gasteiger partial charge in [0.1, 0.15) is 5.82 Å². The molecule has 0 fully saturated rings. The minimum atomic E-state index is -4.47. The summed E-state index contributed by atoms with van der Waals surface area (Å²) in [6.45, 7) is 0. The molecule has 0 aromatic heterocycles. The summed E-state index contributed by atoms with van der Waals surface area (Å²) < 4.78 is 50.6. The van der Waals surface area contributed by atoms with Gasteiger partial charge in [-0.15, -0.1) is 0 Å². The highest BCUT2D eigenvalue weighted by Gasteiger charge is 2.30. The fourth-order valence-electron chi connectivity index (χ4n) is 1.59. The fourth-order valence-corrected chi connectivity index (χ4v) is 1.76. The minimum absolute atomic E-state index is 0.111. The molecular weight excluding hydrogens is 296 g/mol. The SMILES string of the molecule is Nc1cc(C(F)(F)F)ccc1Nc1cc(F)ccc1Cl. The van der Waals surface area contributed by atoms with E-state index in [9.17, 15) is 17.6 Å². The van der Waals surface area contributed by atoms with Crippen LogP contribution in [0, 0.1) is 5.82 Å². The molecule has 2 rings (SSSR count). The maximum atomic E-state index is 13.1. The highest BCUT2D eigenvalue weighted by Crippen LogP contribution is 2.34. The Balaban J connectivity index is 2.33. The van der Waals surface area contributed by atoms with Crippen LogP contribution in [0.25, 0.3) is 0 Å². The molecule has 0 heterocycles. The molecule has 0 bridgehead atoms. The summed E-state index contributed by atoms with van der Waals surface area (Å²) in [4.78, 5) is 0. The molecule has 0 aliphatic heterocycles. The van der Waals surface area contributed by atoms with Gasteiger partial charge in [0, 0.05) is 0 Å². The van der Waals surface area contributed by atoms with Crippen LogP contribution in [0.1, 0.15) is 5.56 Å². The van der Waals surface area contributed by atoms with E-state index in [0.29, 0.717) is 0 Å². The number of nitrogens with one attached hydrogen (secondary N) is 1. The molecule has 0 atom stereocenters. The van der Waals surface area contributed by atoms with E-state index in [1.165, 1.54) is 18.2 Å². The summed E-state index contributed by atoms with van der Waals surface area (Å²) >= 11 is 5.85. The van der Waals surface area contributed by atoms with E-state index < -0.39 is 17.6 Å². The third-order valence-corrected chi connectivity index (χ3v) is 2.91. The van der Waals surface area contributed by atoms with Crippen LogP contribution in [0.4, 0.5) is 34.6 Å². The van der Waals surface area contributed by atoms with Gasteiger partial charge in [0.2, 0.25) is 0 Å². The standard InChI is InChI=1S/C13H9ClF4N2/c14-9-3-2-8(15)6-12(9)20-11-4-1-7(5-10(11)19)13(16,17)18/h1-6,20H,19H2. The smallest absolute Gasteiger partial charge is 0.397 e. The molecule has 2 aromatic rings. The van der Waals surface area contributed by atoms with Crippen LogP contribution in [-0.2, 0) is 6.18 Å². The number of nitrogens with two attached hydrogens (primary N) is 1. The number of halogens is 5. The van der Waals surface area contributed by atoms with E-state index in [1.807, 2.05) is 0 Å². The number of nitrogen functional groups attached to an aromatic ring is 1. The van der Waals surface area contributed by atoms with Gasteiger partial charge >= 0.3 is 6.18 Å². The maximum absolute atomic E-state index is 13.1. The molecule has 0 amide bonds. The molecular formula is C13H9ClF4N2. The Labute approximate surface area is 117 Å². The highest BCUT2D eigenvalue weighted by molar-refractivity contribution is 6.33. The Hall–Kier alpha value is -1.95. The van der Waals surface area contributed by atoms with Crippen molar-refractivity contribution in [2.24, 2.45) is 0 Å². The lowest BCUT2D eigenvalue weighted by molar-refractivity contribution is -0.137. The molecule has 0 spiro atoms. The number of rotatable bonds is 2. The van der Waals surface area contributed by atoms with Crippen LogP contribution in [0.2, 0.25) is 5.02 Å². The van der Waals surface area contributed by atoms with Crippen molar-refractivity contribution in [3.8, 4) is 0 Å². The zero-order valence-corrected chi connectivity index (χ0v) is 10.7. The zero-order chi connectivity index (χ0) is 14.9. The Kier molecular flexibility index (Phi) is 3.76. The van der Waals surface area contributed by atoms with Crippen molar-refractivity contribution < 1.29 is 17.6 Å². The number of alkyl halides is 3. The van der Waals surface area contributed by atoms with Crippen molar-refractivity contribution in [3.05, 3.63) is 52.8 Å². The van der Waals surface area contributed by atoms with Crippen LogP contribution in [0.5, 0.6) is 0 Å². The zero-order valence-electron chi connectivity index (χ0n) is 9.93. The first kappa shape index (κ1) is 14.5. The second-order valence-electron chi connectivity index (χ2n) is 4.05. The molecule has 0 aliphatic carbocycles. The van der Waals surface area contributed by atoms with Crippen molar-refractivity contribution >= 4 is 28.7 Å². The maximum Gasteiger partial charge on any atom is 0.416 e. The molecule has 0 saturated heterocycles. The van der Waals surface area contributed by atoms with Gasteiger partial charge in [-0.25, -0.2) is 4.39 Å². The average molecular weight is 305 g/mol. The van der Waals surface area contributed by atoms with Gasteiger partial charge in [-0.05, 0) is 36.4 Å². The topological polar surface area (TPSA) is 38.0 Å². The van der Waals surface area contributed by atoms with Gasteiger partial charge in [-0.3, -0.25) is 0 Å². The first-order chi connectivity index (χ1) is 9.27. The van der Waals surface area contributed by atoms with Crippen LogP contribution < -0.4 is 11.1 Å². The molecule has 0 radical (unpaired) electrons. The first-order valence-corrected chi connectivity index (χ1v) is 5.84. The molecule has 3 N–H and O–H groups in total. The van der Waals surface area contributed by atoms with E-state index in [4.69, 9.17) is 17.3 Å². The number of benzene rings is 2. The Morgan fingerprint density at radius 2 is 1.70 bits per heavy atom. The quantitative estimate of drug-likeness (QED) is 0.616. The van der Waals surface area contributed by atoms with Gasteiger partial charge in [0.15, 0.2) is 0 Å². The van der Waals surface area contributed by atoms with Crippen LogP contribution in [0.3, 0.4) is 0 Å². The lowest BCUT2D eigenvalue weighted by Gasteiger charge is -2.13. The van der Waals surface area contributed by atoms with E-state index in [1.54, 1.807) is 0 Å². The van der Waals surface area contributed by atoms with Crippen LogP contribution in [-0.4, -0.2) is 0 Å². The van der Waals surface area contributed by atoms with E-state index >= 15 is 0 Å². The fraction of sp³-hybridized carbons (Fsp3) is 0.0769. The number of hydrogen-bond donors (Lipinski definition) is 2. The van der Waals surface area contributed by atoms with Crippen molar-refractivity contribution in [2.75, 3.05) is 11.1 Å². The molecule has 2 aromatic carbocycles.